The van der Waals surface area contributed by atoms with Gasteiger partial charge in [0.05, 0.1) is 12.2 Å². The predicted octanol–water partition coefficient (Wildman–Crippen LogP) is 2.73. The van der Waals surface area contributed by atoms with E-state index < -0.39 is 5.41 Å². The van der Waals surface area contributed by atoms with Gasteiger partial charge in [-0.3, -0.25) is 4.79 Å². The minimum absolute atomic E-state index is 0.00945. The van der Waals surface area contributed by atoms with Gasteiger partial charge in [-0.05, 0) is 32.1 Å². The van der Waals surface area contributed by atoms with Crippen LogP contribution in [0.15, 0.2) is 0 Å². The van der Waals surface area contributed by atoms with Gasteiger partial charge in [0.2, 0.25) is 5.91 Å². The summed E-state index contributed by atoms with van der Waals surface area (Å²) < 4.78 is 5.75. The average molecular weight is 266 g/mol. The van der Waals surface area contributed by atoms with Gasteiger partial charge in [-0.2, -0.15) is 5.26 Å². The van der Waals surface area contributed by atoms with Crippen molar-refractivity contribution >= 4 is 5.91 Å². The summed E-state index contributed by atoms with van der Waals surface area (Å²) in [6, 6.07) is 2.24. The molecule has 1 atom stereocenters. The molecule has 0 saturated carbocycles. The van der Waals surface area contributed by atoms with E-state index in [1.54, 1.807) is 0 Å². The fourth-order valence-electron chi connectivity index (χ4n) is 2.60. The number of rotatable bonds is 6. The van der Waals surface area contributed by atoms with Crippen molar-refractivity contribution in [1.82, 2.24) is 4.90 Å². The first-order valence-corrected chi connectivity index (χ1v) is 7.45. The number of carbonyl (C=O) groups excluding carboxylic acids is 1. The minimum Gasteiger partial charge on any atom is -0.376 e. The average Bonchev–Trinajstić information content (AvgIpc) is 2.47. The fraction of sp³-hybridized carbons (Fsp3) is 0.867. The van der Waals surface area contributed by atoms with E-state index in [4.69, 9.17) is 4.74 Å². The van der Waals surface area contributed by atoms with Crippen LogP contribution in [0.5, 0.6) is 0 Å². The van der Waals surface area contributed by atoms with Crippen LogP contribution in [0.3, 0.4) is 0 Å². The van der Waals surface area contributed by atoms with E-state index in [-0.39, 0.29) is 12.0 Å². The summed E-state index contributed by atoms with van der Waals surface area (Å²) in [5, 5.41) is 9.36. The number of carbonyl (C=O) groups is 1. The second kappa shape index (κ2) is 7.49. The lowest BCUT2D eigenvalue weighted by atomic mass is 9.82. The number of hydrogen-bond donors (Lipinski definition) is 0. The normalized spacial score (nSPS) is 20.1. The summed E-state index contributed by atoms with van der Waals surface area (Å²) in [4.78, 5) is 14.4. The Morgan fingerprint density at radius 3 is 2.63 bits per heavy atom. The maximum Gasteiger partial charge on any atom is 0.243 e. The molecule has 0 aromatic rings. The Hall–Kier alpha value is -1.08. The van der Waals surface area contributed by atoms with Gasteiger partial charge in [0, 0.05) is 19.7 Å². The molecule has 1 fully saturated rings. The van der Waals surface area contributed by atoms with Crippen LogP contribution < -0.4 is 0 Å². The van der Waals surface area contributed by atoms with E-state index in [0.717, 1.165) is 32.4 Å². The number of ether oxygens (including phenoxy) is 1. The molecule has 1 unspecified atom stereocenters. The van der Waals surface area contributed by atoms with Crippen LogP contribution in [0.2, 0.25) is 0 Å². The molecule has 1 rings (SSSR count). The van der Waals surface area contributed by atoms with E-state index >= 15 is 0 Å². The monoisotopic (exact) mass is 266 g/mol. The maximum atomic E-state index is 12.6. The molecule has 0 radical (unpaired) electrons. The number of amides is 1. The molecule has 0 bridgehead atoms. The molecule has 0 N–H and O–H groups in total. The van der Waals surface area contributed by atoms with E-state index in [1.165, 1.54) is 0 Å². The predicted molar refractivity (Wildman–Crippen MR) is 74.5 cm³/mol. The Bertz CT molecular complexity index is 332. The number of hydrogen-bond acceptors (Lipinski definition) is 3. The van der Waals surface area contributed by atoms with E-state index in [9.17, 15) is 10.1 Å². The highest BCUT2D eigenvalue weighted by Gasteiger charge is 2.39. The van der Waals surface area contributed by atoms with Crippen molar-refractivity contribution in [2.45, 2.75) is 59.0 Å². The first-order chi connectivity index (χ1) is 9.13. The summed E-state index contributed by atoms with van der Waals surface area (Å²) >= 11 is 0. The van der Waals surface area contributed by atoms with Gasteiger partial charge < -0.3 is 9.64 Å². The summed E-state index contributed by atoms with van der Waals surface area (Å²) in [6.07, 6.45) is 4.28. The summed E-state index contributed by atoms with van der Waals surface area (Å²) in [5.41, 5.74) is -0.841. The molecule has 108 valence electrons. The van der Waals surface area contributed by atoms with Crippen LogP contribution in [-0.4, -0.2) is 36.6 Å². The number of nitrogens with zero attached hydrogens (tertiary/aromatic N) is 2. The molecule has 0 aliphatic carbocycles. The first kappa shape index (κ1) is 16.0. The molecule has 1 saturated heterocycles. The zero-order valence-corrected chi connectivity index (χ0v) is 12.4. The quantitative estimate of drug-likeness (QED) is 0.742. The lowest BCUT2D eigenvalue weighted by Crippen LogP contribution is -2.49. The maximum absolute atomic E-state index is 12.6. The highest BCUT2D eigenvalue weighted by atomic mass is 16.5. The Kier molecular flexibility index (Phi) is 6.30. The van der Waals surface area contributed by atoms with Gasteiger partial charge in [0.25, 0.3) is 0 Å². The van der Waals surface area contributed by atoms with E-state index in [0.29, 0.717) is 19.4 Å². The molecule has 1 aliphatic heterocycles. The molecular formula is C15H26N2O2. The lowest BCUT2D eigenvalue weighted by Gasteiger charge is -2.37. The van der Waals surface area contributed by atoms with Gasteiger partial charge in [0.15, 0.2) is 0 Å². The van der Waals surface area contributed by atoms with Crippen LogP contribution in [0, 0.1) is 16.7 Å². The molecule has 1 aliphatic rings. The zero-order chi connectivity index (χ0) is 14.3. The molecule has 1 heterocycles. The van der Waals surface area contributed by atoms with Crippen LogP contribution in [0.4, 0.5) is 0 Å². The number of piperidine rings is 1. The lowest BCUT2D eigenvalue weighted by molar-refractivity contribution is -0.143. The van der Waals surface area contributed by atoms with Gasteiger partial charge >= 0.3 is 0 Å². The summed E-state index contributed by atoms with van der Waals surface area (Å²) in [7, 11) is 0. The van der Waals surface area contributed by atoms with Crippen molar-refractivity contribution in [3.05, 3.63) is 0 Å². The van der Waals surface area contributed by atoms with Crippen LogP contribution in [0.25, 0.3) is 0 Å². The largest absolute Gasteiger partial charge is 0.376 e. The molecule has 1 amide bonds. The third kappa shape index (κ3) is 3.70. The third-order valence-corrected chi connectivity index (χ3v) is 4.05. The highest BCUT2D eigenvalue weighted by molar-refractivity contribution is 5.85. The Labute approximate surface area is 116 Å². The standard InChI is InChI=1S/C15H26N2O2/c1-4-10-19-13-8-7-9-17(11-13)14(18)15(5-2,6-3)12-16/h13H,4-11H2,1-3H3. The van der Waals surface area contributed by atoms with Crippen molar-refractivity contribution in [3.63, 3.8) is 0 Å². The molecule has 0 spiro atoms. The summed E-state index contributed by atoms with van der Waals surface area (Å²) in [5.74, 6) is -0.00945. The molecule has 0 aromatic heterocycles. The minimum atomic E-state index is -0.841. The van der Waals surface area contributed by atoms with Crippen LogP contribution in [0.1, 0.15) is 52.9 Å². The van der Waals surface area contributed by atoms with E-state index in [1.807, 2.05) is 18.7 Å². The second-order valence-electron chi connectivity index (χ2n) is 5.29. The zero-order valence-electron chi connectivity index (χ0n) is 12.4. The van der Waals surface area contributed by atoms with Gasteiger partial charge in [0.1, 0.15) is 5.41 Å². The van der Waals surface area contributed by atoms with Crippen LogP contribution >= 0.6 is 0 Å². The highest BCUT2D eigenvalue weighted by Crippen LogP contribution is 2.29. The SMILES string of the molecule is CCCOC1CCCN(C(=O)C(C#N)(CC)CC)C1. The second-order valence-corrected chi connectivity index (χ2v) is 5.29. The van der Waals surface area contributed by atoms with Crippen molar-refractivity contribution in [1.29, 1.82) is 5.26 Å². The van der Waals surface area contributed by atoms with Crippen molar-refractivity contribution in [2.75, 3.05) is 19.7 Å². The van der Waals surface area contributed by atoms with Gasteiger partial charge in [-0.25, -0.2) is 0 Å². The Balaban J connectivity index is 2.68. The molecular weight excluding hydrogens is 240 g/mol. The Morgan fingerprint density at radius 2 is 2.11 bits per heavy atom. The Morgan fingerprint density at radius 1 is 1.42 bits per heavy atom. The molecule has 4 nitrogen and oxygen atoms in total. The topological polar surface area (TPSA) is 53.3 Å². The molecule has 0 aromatic carbocycles. The third-order valence-electron chi connectivity index (χ3n) is 4.05. The number of nitriles is 1. The summed E-state index contributed by atoms with van der Waals surface area (Å²) in [6.45, 7) is 8.06. The molecule has 19 heavy (non-hydrogen) atoms. The van der Waals surface area contributed by atoms with Crippen molar-refractivity contribution in [2.24, 2.45) is 5.41 Å². The van der Waals surface area contributed by atoms with Gasteiger partial charge in [-0.1, -0.05) is 20.8 Å². The van der Waals surface area contributed by atoms with Crippen LogP contribution in [-0.2, 0) is 9.53 Å². The van der Waals surface area contributed by atoms with Crippen molar-refractivity contribution in [3.8, 4) is 6.07 Å². The first-order valence-electron chi connectivity index (χ1n) is 7.45. The fourth-order valence-corrected chi connectivity index (χ4v) is 2.60. The smallest absolute Gasteiger partial charge is 0.243 e. The van der Waals surface area contributed by atoms with Crippen molar-refractivity contribution < 1.29 is 9.53 Å². The van der Waals surface area contributed by atoms with Gasteiger partial charge in [-0.15, -0.1) is 0 Å². The molecule has 4 heteroatoms. The number of likely N-dealkylation sites (tertiary alicyclic amines) is 1. The van der Waals surface area contributed by atoms with E-state index in [2.05, 4.69) is 13.0 Å².